The summed E-state index contributed by atoms with van der Waals surface area (Å²) in [6, 6.07) is -5.81. The number of ketones is 1. The maximum Gasteiger partial charge on any atom is 0.575 e. The van der Waals surface area contributed by atoms with Crippen molar-refractivity contribution in [3.8, 4) is 11.9 Å². The van der Waals surface area contributed by atoms with E-state index in [4.69, 9.17) is 21.7 Å². The van der Waals surface area contributed by atoms with Crippen LogP contribution in [0, 0.1) is 11.8 Å². The molecule has 33 heteroatoms. The molecular formula is C38H46F6N10O15S2. The highest BCUT2D eigenvalue weighted by molar-refractivity contribution is 7.99. The number of alkyl halides is 6. The van der Waals surface area contributed by atoms with Crippen molar-refractivity contribution >= 4 is 76.8 Å². The zero-order valence-electron chi connectivity index (χ0n) is 36.5. The molecule has 2 heterocycles. The number of hydrogen-bond acceptors (Lipinski definition) is 19. The van der Waals surface area contributed by atoms with Crippen molar-refractivity contribution in [3.63, 3.8) is 0 Å². The van der Waals surface area contributed by atoms with E-state index in [0.29, 0.717) is 23.5 Å². The SMILES string of the molecule is N[C@H](CCC(=O)N[C@@H](CSC(c1nccc(OC(F)(F)F)n1)C1CCCC(C(SC[C@H](NC(=O)CC[C@H](N)C(=O)O)C(=O)NCC(=O)O)c2ccnc(OC(F)(F)F)n2)C1=O)C(=O)NCC(=O)O)C(=O)O. The van der Waals surface area contributed by atoms with Gasteiger partial charge in [-0.25, -0.2) is 9.97 Å². The number of halogens is 6. The molecule has 392 valence electrons. The standard InChI is InChI=1S/C38H46F6N10O15S2/c39-37(40,41)68-25-9-11-47-31(54-25)30(71-15-22(33(63)50-13-27(59)60)52-24(56)7-5-19(46)35(66)67)17-3-1-2-16(28(17)61)29(20-8-10-48-36(53-20)69-38(42,43)44)70-14-21(32(62)49-12-26(57)58)51-23(55)6-4-18(45)34(64)65/h8-11,16-19,21-22,29-30H,1-7,12-15,45-46H2,(H,49,62)(H,50,63)(H,51,55)(H,52,56)(H,57,58)(H,59,60)(H,64,65)(H,66,67)/t16?,17?,18-,19+,21-,22-,29?,30?/m0/s1. The van der Waals surface area contributed by atoms with Crippen LogP contribution in [0.15, 0.2) is 24.5 Å². The first-order valence-corrected chi connectivity index (χ1v) is 22.7. The number of ether oxygens (including phenoxy) is 2. The average molecular weight is 1060 g/mol. The number of hydrogen-bond donors (Lipinski definition) is 10. The number of carboxylic acid groups (broad SMARTS) is 4. The fraction of sp³-hybridized carbons (Fsp3) is 0.553. The van der Waals surface area contributed by atoms with E-state index in [1.165, 1.54) is 0 Å². The van der Waals surface area contributed by atoms with Gasteiger partial charge in [0.05, 0.1) is 16.2 Å². The van der Waals surface area contributed by atoms with E-state index < -0.39 is 181 Å². The van der Waals surface area contributed by atoms with Crippen LogP contribution in [0.4, 0.5) is 26.3 Å². The van der Waals surface area contributed by atoms with Gasteiger partial charge in [0.25, 0.3) is 0 Å². The quantitative estimate of drug-likeness (QED) is 0.0503. The molecule has 2 aromatic rings. The summed E-state index contributed by atoms with van der Waals surface area (Å²) >= 11 is 1.27. The Balaban J connectivity index is 2.14. The van der Waals surface area contributed by atoms with Crippen molar-refractivity contribution in [2.24, 2.45) is 23.3 Å². The van der Waals surface area contributed by atoms with E-state index in [2.05, 4.69) is 50.7 Å². The maximum absolute atomic E-state index is 15.0. The maximum atomic E-state index is 15.0. The third kappa shape index (κ3) is 20.7. The minimum absolute atomic E-state index is 0.0666. The zero-order chi connectivity index (χ0) is 53.2. The van der Waals surface area contributed by atoms with Crippen LogP contribution >= 0.6 is 23.5 Å². The molecule has 2 aromatic heterocycles. The van der Waals surface area contributed by atoms with Crippen molar-refractivity contribution in [1.29, 1.82) is 0 Å². The highest BCUT2D eigenvalue weighted by Crippen LogP contribution is 2.48. The topological polar surface area (TPSA) is 405 Å². The van der Waals surface area contributed by atoms with E-state index >= 15 is 0 Å². The predicted molar refractivity (Wildman–Crippen MR) is 229 cm³/mol. The van der Waals surface area contributed by atoms with Crippen molar-refractivity contribution in [2.75, 3.05) is 24.6 Å². The summed E-state index contributed by atoms with van der Waals surface area (Å²) in [6.45, 7) is -1.93. The second kappa shape index (κ2) is 27.1. The Bertz CT molecular complexity index is 2100. The van der Waals surface area contributed by atoms with Gasteiger partial charge in [0.2, 0.25) is 29.5 Å². The minimum atomic E-state index is -5.32. The predicted octanol–water partition coefficient (Wildman–Crippen LogP) is 0.0534. The summed E-state index contributed by atoms with van der Waals surface area (Å²) in [6.07, 6.45) is -11.0. The molecule has 0 saturated heterocycles. The Morgan fingerprint density at radius 3 is 1.62 bits per heavy atom. The third-order valence-electron chi connectivity index (χ3n) is 9.78. The lowest BCUT2D eigenvalue weighted by atomic mass is 9.76. The Kier molecular flexibility index (Phi) is 22.4. The van der Waals surface area contributed by atoms with Crippen molar-refractivity contribution in [3.05, 3.63) is 36.0 Å². The molecule has 1 aliphatic rings. The van der Waals surface area contributed by atoms with Crippen molar-refractivity contribution < 1.29 is 99.4 Å². The fourth-order valence-electron chi connectivity index (χ4n) is 6.52. The molecule has 1 saturated carbocycles. The van der Waals surface area contributed by atoms with E-state index in [1.807, 2.05) is 0 Å². The molecule has 25 nitrogen and oxygen atoms in total. The monoisotopic (exact) mass is 1060 g/mol. The molecule has 1 fully saturated rings. The smallest absolute Gasteiger partial charge is 0.480 e. The second-order valence-corrected chi connectivity index (χ2v) is 17.4. The first kappa shape index (κ1) is 58.7. The minimum Gasteiger partial charge on any atom is -0.480 e. The van der Waals surface area contributed by atoms with Crippen LogP contribution in [0.5, 0.6) is 11.9 Å². The van der Waals surface area contributed by atoms with E-state index in [9.17, 15) is 79.7 Å². The third-order valence-corrected chi connectivity index (χ3v) is 12.7. The van der Waals surface area contributed by atoms with Gasteiger partial charge in [0.1, 0.15) is 48.9 Å². The molecule has 0 radical (unpaired) electrons. The number of rotatable bonds is 28. The number of carbonyl (C=O) groups excluding carboxylic acids is 5. The molecule has 0 aliphatic heterocycles. The van der Waals surface area contributed by atoms with Crippen LogP contribution in [-0.2, 0) is 43.2 Å². The summed E-state index contributed by atoms with van der Waals surface area (Å²) in [5.74, 6) is -16.3. The molecule has 71 heavy (non-hydrogen) atoms. The molecule has 12 N–H and O–H groups in total. The Morgan fingerprint density at radius 2 is 1.15 bits per heavy atom. The van der Waals surface area contributed by atoms with E-state index in [1.54, 1.807) is 0 Å². The van der Waals surface area contributed by atoms with Gasteiger partial charge in [0.15, 0.2) is 0 Å². The number of Topliss-reactive ketones (excluding diaryl/α,β-unsaturated/α-hetero) is 1. The van der Waals surface area contributed by atoms with Crippen LogP contribution in [0.25, 0.3) is 0 Å². The number of thioether (sulfide) groups is 2. The van der Waals surface area contributed by atoms with E-state index in [0.717, 1.165) is 24.5 Å². The zero-order valence-corrected chi connectivity index (χ0v) is 38.1. The summed E-state index contributed by atoms with van der Waals surface area (Å²) in [4.78, 5) is 128. The number of amides is 4. The van der Waals surface area contributed by atoms with Crippen LogP contribution < -0.4 is 42.2 Å². The van der Waals surface area contributed by atoms with Crippen LogP contribution in [-0.4, -0.2) is 155 Å². The molecule has 1 aliphatic carbocycles. The average Bonchev–Trinajstić information content (AvgIpc) is 3.27. The van der Waals surface area contributed by atoms with Gasteiger partial charge in [-0.15, -0.1) is 49.9 Å². The van der Waals surface area contributed by atoms with Gasteiger partial charge < -0.3 is 62.6 Å². The molecule has 8 atom stereocenters. The Labute approximate surface area is 404 Å². The molecule has 0 aromatic carbocycles. The number of aromatic nitrogens is 4. The van der Waals surface area contributed by atoms with Gasteiger partial charge in [-0.2, -0.15) is 9.97 Å². The summed E-state index contributed by atoms with van der Waals surface area (Å²) < 4.78 is 88.2. The lowest BCUT2D eigenvalue weighted by molar-refractivity contribution is -0.278. The lowest BCUT2D eigenvalue weighted by Gasteiger charge is -2.36. The molecule has 4 unspecified atom stereocenters. The first-order valence-electron chi connectivity index (χ1n) is 20.6. The van der Waals surface area contributed by atoms with Gasteiger partial charge in [-0.05, 0) is 31.7 Å². The fourth-order valence-corrected chi connectivity index (χ4v) is 9.36. The normalized spacial score (nSPS) is 17.5. The number of aliphatic carboxylic acids is 4. The number of carboxylic acids is 4. The van der Waals surface area contributed by atoms with Crippen LogP contribution in [0.2, 0.25) is 0 Å². The Morgan fingerprint density at radius 1 is 0.690 bits per heavy atom. The summed E-state index contributed by atoms with van der Waals surface area (Å²) in [5.41, 5.74) is 10.6. The van der Waals surface area contributed by atoms with Gasteiger partial charge >= 0.3 is 42.6 Å². The second-order valence-electron chi connectivity index (χ2n) is 15.1. The highest BCUT2D eigenvalue weighted by Gasteiger charge is 2.44. The number of nitrogens with one attached hydrogen (secondary N) is 4. The molecule has 0 bridgehead atoms. The van der Waals surface area contributed by atoms with Gasteiger partial charge in [-0.1, -0.05) is 6.42 Å². The van der Waals surface area contributed by atoms with Crippen molar-refractivity contribution in [1.82, 2.24) is 41.2 Å². The molecule has 0 spiro atoms. The van der Waals surface area contributed by atoms with Gasteiger partial charge in [-0.3, -0.25) is 43.2 Å². The number of carbonyl (C=O) groups is 9. The number of nitrogens with two attached hydrogens (primary N) is 2. The van der Waals surface area contributed by atoms with E-state index in [-0.39, 0.29) is 25.0 Å². The molecular weight excluding hydrogens is 1010 g/mol. The van der Waals surface area contributed by atoms with Crippen LogP contribution in [0.1, 0.15) is 67.0 Å². The molecule has 4 amide bonds. The Hall–Kier alpha value is -6.61. The van der Waals surface area contributed by atoms with Gasteiger partial charge in [0, 0.05) is 54.6 Å². The largest absolute Gasteiger partial charge is 0.575 e. The summed E-state index contributed by atoms with van der Waals surface area (Å²) in [5, 5.41) is 42.4. The first-order chi connectivity index (χ1) is 33.1. The number of nitrogens with zero attached hydrogens (tertiary/aromatic N) is 4. The molecule has 3 rings (SSSR count). The lowest BCUT2D eigenvalue weighted by Crippen LogP contribution is -2.50. The van der Waals surface area contributed by atoms with Crippen LogP contribution in [0.3, 0.4) is 0 Å². The highest BCUT2D eigenvalue weighted by atomic mass is 32.2. The van der Waals surface area contributed by atoms with Crippen molar-refractivity contribution in [2.45, 2.75) is 92.3 Å². The summed E-state index contributed by atoms with van der Waals surface area (Å²) in [7, 11) is 0.